The molecule has 1 amide bonds. The van der Waals surface area contributed by atoms with Crippen molar-refractivity contribution in [2.24, 2.45) is 0 Å². The number of halogens is 1. The second kappa shape index (κ2) is 7.54. The number of aromatic nitrogens is 1. The summed E-state index contributed by atoms with van der Waals surface area (Å²) in [5, 5.41) is 14.9. The smallest absolute Gasteiger partial charge is 0.328 e. The first kappa shape index (κ1) is 19.4. The number of benzene rings is 1. The van der Waals surface area contributed by atoms with Crippen molar-refractivity contribution in [3.05, 3.63) is 39.9 Å². The van der Waals surface area contributed by atoms with Gasteiger partial charge in [-0.3, -0.25) is 4.79 Å². The number of carbonyl (C=O) groups excluding carboxylic acids is 1. The predicted octanol–water partition coefficient (Wildman–Crippen LogP) is 4.11. The van der Waals surface area contributed by atoms with Crippen LogP contribution in [0.15, 0.2) is 23.6 Å². The van der Waals surface area contributed by atoms with Crippen LogP contribution in [0, 0.1) is 0 Å². The molecule has 0 saturated carbocycles. The summed E-state index contributed by atoms with van der Waals surface area (Å²) in [7, 11) is 0. The summed E-state index contributed by atoms with van der Waals surface area (Å²) in [4.78, 5) is 27.7. The first-order valence-electron chi connectivity index (χ1n) is 7.89. The Morgan fingerprint density at radius 3 is 2.64 bits per heavy atom. The molecule has 134 valence electrons. The predicted molar refractivity (Wildman–Crippen MR) is 100 cm³/mol. The maximum atomic E-state index is 12.1. The van der Waals surface area contributed by atoms with Gasteiger partial charge in [-0.15, -0.1) is 11.3 Å². The van der Waals surface area contributed by atoms with Crippen molar-refractivity contribution in [1.29, 1.82) is 0 Å². The van der Waals surface area contributed by atoms with E-state index in [1.165, 1.54) is 25.2 Å². The Bertz CT molecular complexity index is 799. The molecular weight excluding hydrogens is 360 g/mol. The lowest BCUT2D eigenvalue weighted by Gasteiger charge is -2.20. The second-order valence-electron chi connectivity index (χ2n) is 6.69. The number of hydrogen-bond donors (Lipinski definition) is 2. The van der Waals surface area contributed by atoms with Crippen LogP contribution in [0.4, 0.5) is 0 Å². The highest BCUT2D eigenvalue weighted by Gasteiger charge is 2.29. The zero-order chi connectivity index (χ0) is 18.8. The number of nitrogens with one attached hydrogen (secondary N) is 1. The third-order valence-corrected chi connectivity index (χ3v) is 4.91. The van der Waals surface area contributed by atoms with Gasteiger partial charge in [0.05, 0.1) is 12.1 Å². The molecule has 0 fully saturated rings. The topological polar surface area (TPSA) is 79.3 Å². The zero-order valence-electron chi connectivity index (χ0n) is 14.6. The van der Waals surface area contributed by atoms with E-state index in [-0.39, 0.29) is 12.3 Å². The molecule has 2 N–H and O–H groups in total. The third-order valence-electron chi connectivity index (χ3n) is 3.75. The van der Waals surface area contributed by atoms with E-state index >= 15 is 0 Å². The second-order valence-corrected chi connectivity index (χ2v) is 7.98. The fourth-order valence-electron chi connectivity index (χ4n) is 2.33. The molecule has 0 saturated heterocycles. The molecule has 0 atom stereocenters. The first-order valence-corrected chi connectivity index (χ1v) is 9.14. The molecule has 0 aliphatic heterocycles. The van der Waals surface area contributed by atoms with Crippen molar-refractivity contribution >= 4 is 34.8 Å². The molecule has 0 aliphatic carbocycles. The molecule has 1 heterocycles. The molecule has 0 aliphatic rings. The highest BCUT2D eigenvalue weighted by Crippen LogP contribution is 2.33. The Balaban J connectivity index is 2.19. The number of hydrogen-bond acceptors (Lipinski definition) is 4. The van der Waals surface area contributed by atoms with Gasteiger partial charge in [-0.2, -0.15) is 0 Å². The van der Waals surface area contributed by atoms with E-state index in [9.17, 15) is 9.59 Å². The molecular formula is C18H21ClN2O3S. The lowest BCUT2D eigenvalue weighted by molar-refractivity contribution is -0.145. The quantitative estimate of drug-likeness (QED) is 0.790. The molecule has 2 rings (SSSR count). The van der Waals surface area contributed by atoms with Gasteiger partial charge in [-0.1, -0.05) is 31.5 Å². The van der Waals surface area contributed by atoms with E-state index < -0.39 is 11.5 Å². The number of amides is 1. The van der Waals surface area contributed by atoms with Gasteiger partial charge in [0, 0.05) is 16.0 Å². The van der Waals surface area contributed by atoms with Crippen LogP contribution in [0.2, 0.25) is 5.02 Å². The minimum atomic E-state index is -1.31. The van der Waals surface area contributed by atoms with E-state index in [1.54, 1.807) is 0 Å². The number of nitrogens with zero attached hydrogens (tertiary/aromatic N) is 1. The normalized spacial score (nSPS) is 11.6. The van der Waals surface area contributed by atoms with E-state index in [0.717, 1.165) is 16.1 Å². The summed E-state index contributed by atoms with van der Waals surface area (Å²) < 4.78 is 0. The van der Waals surface area contributed by atoms with Crippen LogP contribution in [0.5, 0.6) is 0 Å². The monoisotopic (exact) mass is 380 g/mol. The van der Waals surface area contributed by atoms with Gasteiger partial charge in [0.25, 0.3) is 0 Å². The van der Waals surface area contributed by atoms with E-state index in [4.69, 9.17) is 16.7 Å². The molecule has 0 spiro atoms. The van der Waals surface area contributed by atoms with Gasteiger partial charge < -0.3 is 10.4 Å². The van der Waals surface area contributed by atoms with Crippen LogP contribution in [0.25, 0.3) is 10.6 Å². The summed E-state index contributed by atoms with van der Waals surface area (Å²) in [6, 6.07) is 5.70. The van der Waals surface area contributed by atoms with Gasteiger partial charge in [0.2, 0.25) is 5.91 Å². The fourth-order valence-corrected chi connectivity index (χ4v) is 3.38. The molecule has 0 radical (unpaired) electrons. The van der Waals surface area contributed by atoms with E-state index in [0.29, 0.717) is 16.6 Å². The minimum absolute atomic E-state index is 0.0395. The molecule has 0 unspecified atom stereocenters. The zero-order valence-corrected chi connectivity index (χ0v) is 16.2. The summed E-state index contributed by atoms with van der Waals surface area (Å²) in [5.41, 5.74) is 1.41. The Kier molecular flexibility index (Phi) is 5.85. The number of carboxylic acids is 1. The molecule has 5 nitrogen and oxygen atoms in total. The van der Waals surface area contributed by atoms with Crippen LogP contribution in [-0.4, -0.2) is 27.5 Å². The maximum Gasteiger partial charge on any atom is 0.328 e. The largest absolute Gasteiger partial charge is 0.480 e. The molecule has 25 heavy (non-hydrogen) atoms. The summed E-state index contributed by atoms with van der Waals surface area (Å²) in [6.07, 6.45) is 0.0395. The number of thiazole rings is 1. The van der Waals surface area contributed by atoms with Crippen molar-refractivity contribution in [2.45, 2.75) is 45.6 Å². The SMILES string of the molecule is CC(C)c1cc(Cl)ccc1-c1nc(CC(=O)NC(C)(C)C(=O)O)cs1. The van der Waals surface area contributed by atoms with Crippen molar-refractivity contribution in [3.63, 3.8) is 0 Å². The van der Waals surface area contributed by atoms with Gasteiger partial charge in [0.15, 0.2) is 0 Å². The maximum absolute atomic E-state index is 12.1. The lowest BCUT2D eigenvalue weighted by Crippen LogP contribution is -2.50. The highest BCUT2D eigenvalue weighted by molar-refractivity contribution is 7.13. The van der Waals surface area contributed by atoms with Crippen LogP contribution in [0.1, 0.15) is 44.9 Å². The minimum Gasteiger partial charge on any atom is -0.480 e. The van der Waals surface area contributed by atoms with Crippen molar-refractivity contribution in [2.75, 3.05) is 0 Å². The van der Waals surface area contributed by atoms with Crippen LogP contribution < -0.4 is 5.32 Å². The standard InChI is InChI=1S/C18H21ClN2O3S/c1-10(2)14-7-11(19)5-6-13(14)16-20-12(9-25-16)8-15(22)21-18(3,4)17(23)24/h5-7,9-10H,8H2,1-4H3,(H,21,22)(H,23,24). The Morgan fingerprint density at radius 2 is 2.04 bits per heavy atom. The molecule has 0 bridgehead atoms. The fraction of sp³-hybridized carbons (Fsp3) is 0.389. The Labute approximate surface area is 156 Å². The number of carboxylic acid groups (broad SMARTS) is 1. The summed E-state index contributed by atoms with van der Waals surface area (Å²) >= 11 is 7.55. The summed E-state index contributed by atoms with van der Waals surface area (Å²) in [5.74, 6) is -1.16. The van der Waals surface area contributed by atoms with Gasteiger partial charge in [-0.25, -0.2) is 9.78 Å². The third kappa shape index (κ3) is 4.80. The molecule has 1 aromatic heterocycles. The molecule has 1 aromatic carbocycles. The number of rotatable bonds is 6. The van der Waals surface area contributed by atoms with Crippen LogP contribution in [0.3, 0.4) is 0 Å². The highest BCUT2D eigenvalue weighted by atomic mass is 35.5. The van der Waals surface area contributed by atoms with Gasteiger partial charge in [-0.05, 0) is 37.5 Å². The van der Waals surface area contributed by atoms with Crippen LogP contribution >= 0.6 is 22.9 Å². The number of carbonyl (C=O) groups is 2. The number of aliphatic carboxylic acids is 1. The Morgan fingerprint density at radius 1 is 1.36 bits per heavy atom. The van der Waals surface area contributed by atoms with Crippen molar-refractivity contribution in [1.82, 2.24) is 10.3 Å². The van der Waals surface area contributed by atoms with E-state index in [1.807, 2.05) is 23.6 Å². The average molecular weight is 381 g/mol. The lowest BCUT2D eigenvalue weighted by atomic mass is 9.97. The van der Waals surface area contributed by atoms with Crippen molar-refractivity contribution in [3.8, 4) is 10.6 Å². The molecule has 2 aromatic rings. The van der Waals surface area contributed by atoms with Gasteiger partial charge in [0.1, 0.15) is 10.5 Å². The summed E-state index contributed by atoms with van der Waals surface area (Å²) in [6.45, 7) is 7.07. The first-order chi connectivity index (χ1) is 11.6. The molecule has 7 heteroatoms. The van der Waals surface area contributed by atoms with Crippen molar-refractivity contribution < 1.29 is 14.7 Å². The van der Waals surface area contributed by atoms with Crippen LogP contribution in [-0.2, 0) is 16.0 Å². The Hall–Kier alpha value is -1.92. The average Bonchev–Trinajstić information content (AvgIpc) is 2.94. The van der Waals surface area contributed by atoms with Gasteiger partial charge >= 0.3 is 5.97 Å². The van der Waals surface area contributed by atoms with E-state index in [2.05, 4.69) is 24.1 Å².